The molecule has 0 atom stereocenters. The van der Waals surface area contributed by atoms with E-state index in [1.54, 1.807) is 24.3 Å². The highest BCUT2D eigenvalue weighted by atomic mass is 31.2. The summed E-state index contributed by atoms with van der Waals surface area (Å²) in [7, 11) is -10.3. The third-order valence-corrected chi connectivity index (χ3v) is 10.3. The van der Waals surface area contributed by atoms with Crippen LogP contribution in [0, 0.1) is 0 Å². The predicted molar refractivity (Wildman–Crippen MR) is 79.3 cm³/mol. The Morgan fingerprint density at radius 1 is 0.762 bits per heavy atom. The summed E-state index contributed by atoms with van der Waals surface area (Å²) < 4.78 is 24.6. The zero-order valence-electron chi connectivity index (χ0n) is 12.3. The van der Waals surface area contributed by atoms with E-state index in [0.717, 1.165) is 0 Å². The van der Waals surface area contributed by atoms with E-state index in [1.807, 2.05) is 0 Å². The Morgan fingerprint density at radius 2 is 1.05 bits per heavy atom. The molecule has 1 aromatic rings. The number of fused-ring (bicyclic) bond motifs is 1. The van der Waals surface area contributed by atoms with Crippen LogP contribution in [-0.4, -0.2) is 24.5 Å². The summed E-state index contributed by atoms with van der Waals surface area (Å²) in [6.07, 6.45) is 0. The van der Waals surface area contributed by atoms with Crippen molar-refractivity contribution in [2.45, 2.75) is 43.4 Å². The maximum atomic E-state index is 12.3. The van der Waals surface area contributed by atoms with Crippen molar-refractivity contribution in [2.75, 3.05) is 0 Å². The molecule has 6 nitrogen and oxygen atoms in total. The normalized spacial score (nSPS) is 22.9. The van der Waals surface area contributed by atoms with Gasteiger partial charge in [-0.05, 0) is 11.1 Å². The molecule has 118 valence electrons. The predicted octanol–water partition coefficient (Wildman–Crippen LogP) is 2.31. The molecule has 0 saturated heterocycles. The Bertz CT molecular complexity index is 623. The van der Waals surface area contributed by atoms with E-state index in [9.17, 15) is 28.7 Å². The molecule has 1 aliphatic rings. The molecule has 1 aliphatic carbocycles. The van der Waals surface area contributed by atoms with Crippen molar-refractivity contribution in [2.24, 2.45) is 0 Å². The largest absolute Gasteiger partial charge is 0.345 e. The molecular formula is C13H20O6P2. The van der Waals surface area contributed by atoms with Crippen molar-refractivity contribution >= 4 is 15.2 Å². The summed E-state index contributed by atoms with van der Waals surface area (Å²) in [4.78, 5) is 37.4. The van der Waals surface area contributed by atoms with Crippen LogP contribution in [0.25, 0.3) is 0 Å². The monoisotopic (exact) mass is 334 g/mol. The van der Waals surface area contributed by atoms with Crippen molar-refractivity contribution < 1.29 is 28.7 Å². The molecule has 0 unspecified atom stereocenters. The second-order valence-corrected chi connectivity index (χ2v) is 10.4. The third-order valence-electron chi connectivity index (χ3n) is 4.86. The number of benzene rings is 1. The van der Waals surface area contributed by atoms with Gasteiger partial charge in [-0.1, -0.05) is 52.0 Å². The van der Waals surface area contributed by atoms with E-state index >= 15 is 0 Å². The molecule has 0 aromatic heterocycles. The van der Waals surface area contributed by atoms with Gasteiger partial charge in [0.15, 0.2) is 4.90 Å². The maximum absolute atomic E-state index is 12.3. The Labute approximate surface area is 123 Å². The van der Waals surface area contributed by atoms with Gasteiger partial charge in [-0.2, -0.15) is 0 Å². The fraction of sp³-hybridized carbons (Fsp3) is 0.538. The van der Waals surface area contributed by atoms with E-state index in [0.29, 0.717) is 11.1 Å². The van der Waals surface area contributed by atoms with Gasteiger partial charge >= 0.3 is 15.2 Å². The summed E-state index contributed by atoms with van der Waals surface area (Å²) >= 11 is 0. The number of hydrogen-bond acceptors (Lipinski definition) is 2. The first-order valence-corrected chi connectivity index (χ1v) is 9.66. The van der Waals surface area contributed by atoms with Crippen LogP contribution in [0.15, 0.2) is 24.3 Å². The van der Waals surface area contributed by atoms with Gasteiger partial charge in [-0.3, -0.25) is 9.13 Å². The summed E-state index contributed by atoms with van der Waals surface area (Å²) in [6, 6.07) is 6.74. The molecule has 8 heteroatoms. The van der Waals surface area contributed by atoms with Gasteiger partial charge < -0.3 is 19.6 Å². The van der Waals surface area contributed by atoms with E-state index in [4.69, 9.17) is 0 Å². The van der Waals surface area contributed by atoms with Crippen LogP contribution in [0.4, 0.5) is 0 Å². The third kappa shape index (κ3) is 1.75. The lowest BCUT2D eigenvalue weighted by atomic mass is 9.80. The lowest BCUT2D eigenvalue weighted by molar-refractivity contribution is 0.226. The van der Waals surface area contributed by atoms with Gasteiger partial charge in [0.2, 0.25) is 0 Å². The van der Waals surface area contributed by atoms with Gasteiger partial charge in [0, 0.05) is 10.8 Å². The first-order chi connectivity index (χ1) is 9.23. The second kappa shape index (κ2) is 4.29. The lowest BCUT2D eigenvalue weighted by Crippen LogP contribution is -2.53. The molecule has 1 aromatic carbocycles. The molecule has 0 aliphatic heterocycles. The first-order valence-electron chi connectivity index (χ1n) is 6.44. The standard InChI is InChI=1S/C13H20O6P2/c1-11(2)9-7-5-6-8-10(9)12(3,4)13(11,20(14,15)16)21(17,18)19/h5-8H,1-4H3,(H2,14,15,16)(H2,17,18,19). The lowest BCUT2D eigenvalue weighted by Gasteiger charge is -2.48. The first kappa shape index (κ1) is 16.9. The molecule has 0 saturated carbocycles. The molecule has 0 spiro atoms. The van der Waals surface area contributed by atoms with Gasteiger partial charge in [0.25, 0.3) is 0 Å². The van der Waals surface area contributed by atoms with Gasteiger partial charge in [0.1, 0.15) is 0 Å². The van der Waals surface area contributed by atoms with Crippen LogP contribution in [0.3, 0.4) is 0 Å². The van der Waals surface area contributed by atoms with Crippen molar-refractivity contribution in [3.8, 4) is 0 Å². The Balaban J connectivity index is 3.05. The van der Waals surface area contributed by atoms with Crippen LogP contribution in [-0.2, 0) is 20.0 Å². The fourth-order valence-corrected chi connectivity index (χ4v) is 9.11. The molecular weight excluding hydrogens is 314 g/mol. The molecule has 0 amide bonds. The average molecular weight is 334 g/mol. The molecule has 0 fully saturated rings. The summed E-state index contributed by atoms with van der Waals surface area (Å²) in [5, 5.41) is 0. The minimum atomic E-state index is -5.15. The van der Waals surface area contributed by atoms with E-state index in [2.05, 4.69) is 0 Å². The molecule has 0 radical (unpaired) electrons. The van der Waals surface area contributed by atoms with E-state index in [-0.39, 0.29) is 0 Å². The Hall–Kier alpha value is -0.480. The summed E-state index contributed by atoms with van der Waals surface area (Å²) in [5.41, 5.74) is -1.65. The topological polar surface area (TPSA) is 115 Å². The van der Waals surface area contributed by atoms with Crippen LogP contribution in [0.2, 0.25) is 0 Å². The Kier molecular flexibility index (Phi) is 3.45. The van der Waals surface area contributed by atoms with Crippen LogP contribution in [0.5, 0.6) is 0 Å². The smallest absolute Gasteiger partial charge is 0.324 e. The van der Waals surface area contributed by atoms with Crippen LogP contribution in [0.1, 0.15) is 38.8 Å². The molecule has 21 heavy (non-hydrogen) atoms. The SMILES string of the molecule is CC1(C)c2ccccc2C(C)(C)C1(P(=O)(O)O)P(=O)(O)O. The average Bonchev–Trinajstić information content (AvgIpc) is 2.39. The minimum absolute atomic E-state index is 0.557. The molecule has 0 heterocycles. The van der Waals surface area contributed by atoms with Crippen LogP contribution < -0.4 is 0 Å². The van der Waals surface area contributed by atoms with E-state index in [1.165, 1.54) is 27.7 Å². The van der Waals surface area contributed by atoms with Crippen molar-refractivity contribution in [1.82, 2.24) is 0 Å². The minimum Gasteiger partial charge on any atom is -0.324 e. The van der Waals surface area contributed by atoms with Gasteiger partial charge in [-0.25, -0.2) is 0 Å². The van der Waals surface area contributed by atoms with Crippen molar-refractivity contribution in [1.29, 1.82) is 0 Å². The highest BCUT2D eigenvalue weighted by molar-refractivity contribution is 7.72. The highest BCUT2D eigenvalue weighted by Gasteiger charge is 2.79. The quantitative estimate of drug-likeness (QED) is 0.617. The molecule has 4 N–H and O–H groups in total. The van der Waals surface area contributed by atoms with Gasteiger partial charge in [-0.15, -0.1) is 0 Å². The highest BCUT2D eigenvalue weighted by Crippen LogP contribution is 2.84. The number of hydrogen-bond donors (Lipinski definition) is 4. The van der Waals surface area contributed by atoms with Crippen molar-refractivity contribution in [3.63, 3.8) is 0 Å². The van der Waals surface area contributed by atoms with Crippen molar-refractivity contribution in [3.05, 3.63) is 35.4 Å². The zero-order valence-corrected chi connectivity index (χ0v) is 14.1. The van der Waals surface area contributed by atoms with Gasteiger partial charge in [0.05, 0.1) is 0 Å². The molecule has 0 bridgehead atoms. The zero-order chi connectivity index (χ0) is 16.5. The molecule has 2 rings (SSSR count). The summed E-state index contributed by atoms with van der Waals surface area (Å²) in [5.74, 6) is 0. The van der Waals surface area contributed by atoms with Crippen LogP contribution >= 0.6 is 15.2 Å². The fourth-order valence-electron chi connectivity index (χ4n) is 4.36. The Morgan fingerprint density at radius 3 is 1.29 bits per heavy atom. The number of rotatable bonds is 2. The summed E-state index contributed by atoms with van der Waals surface area (Å²) in [6.45, 7) is 5.94. The maximum Gasteiger partial charge on any atom is 0.345 e. The van der Waals surface area contributed by atoms with E-state index < -0.39 is 30.9 Å². The second-order valence-electron chi connectivity index (χ2n) is 6.56.